The maximum atomic E-state index is 13.1. The number of Topliss-reactive ketones (excluding diaryl/α,β-unsaturated/α-hetero) is 4. The van der Waals surface area contributed by atoms with Crippen LogP contribution in [0, 0.1) is 18.3 Å². The zero-order valence-corrected chi connectivity index (χ0v) is 79.5. The van der Waals surface area contributed by atoms with Crippen LogP contribution in [0.1, 0.15) is 178 Å². The van der Waals surface area contributed by atoms with Gasteiger partial charge in [-0.2, -0.15) is 0 Å². The van der Waals surface area contributed by atoms with E-state index in [0.717, 1.165) is 108 Å². The number of ether oxygens (including phenoxy) is 5. The van der Waals surface area contributed by atoms with Gasteiger partial charge < -0.3 is 45.4 Å². The van der Waals surface area contributed by atoms with Crippen LogP contribution >= 0.6 is 79.6 Å². The number of hydrogen-bond donors (Lipinski definition) is 4. The van der Waals surface area contributed by atoms with E-state index >= 15 is 0 Å². The number of ketones is 6. The molecule has 6 aliphatic rings. The number of carbonyl (C=O) groups is 8. The Kier molecular flexibility index (Phi) is 34.3. The van der Waals surface area contributed by atoms with Crippen molar-refractivity contribution in [2.45, 2.75) is 93.3 Å². The molecular formula is C107H98Br5N4O15+. The van der Waals surface area contributed by atoms with E-state index < -0.39 is 34.3 Å². The highest BCUT2D eigenvalue weighted by molar-refractivity contribution is 9.11. The minimum absolute atomic E-state index is 0. The molecule has 19 rings (SSSR count). The monoisotopic (exact) mass is 2070 g/mol. The van der Waals surface area contributed by atoms with Gasteiger partial charge in [0.15, 0.2) is 30.7 Å². The van der Waals surface area contributed by atoms with Gasteiger partial charge in [-0.05, 0) is 159 Å². The number of aliphatic hydroxyl groups is 1. The Hall–Kier alpha value is -12.7. The lowest BCUT2D eigenvalue weighted by Crippen LogP contribution is -2.49. The standard InChI is InChI=1S/C28H21BrN2O2.C22H17BrO4.C13H12N2O.C12H12BrO2.C10H6O3.C8H8O.C7H5BrO2.C5H9Br.2CH4/c1-28(2)19-14-32-22-12-11-15(29)13-18(22)23(19)24-26-25(30-20-9-5-6-10-21(20)31-26)16-7-3-4-8-17(16)27(24)33-28;1-22(2)15-10-26-16-8-7-11(23)9-14(16)17(15)18-20(25)19(24)12-5-3-4-6-13(12)21(18)27-22;14-11-7-6-10(8-12(11)15)13(16)9-4-2-1-3-5-9;1-9(2)5-6-15-12-4-3-11(13)7-10(12)8-14;11-8-5-9(12)10(13)7-4-2-1-3-6(7)8;1-7(9)8-5-3-2-4-6-8;8-6-1-2-7(10)5(3-6)4-9;1-5(2)3-4-6;;/h3-13,19,23H,14H2,1-2H3;3-9,15,17H,10H2,1-2H3;1-8H,14-15H2;3-5,7-8H,1,6H2,2H3;1-5,11H;2-6H,1H3;1-4,10H;3H,4H2,1-2H3;2*1H4/q;;;+1;;;;;;/t19-,23+;15-,17+;;;;;;;;/m00......../s1. The van der Waals surface area contributed by atoms with Crippen LogP contribution in [0.4, 0.5) is 11.4 Å². The number of para-hydroxylation sites is 2. The number of rotatable bonds is 10. The number of phenolic OH excluding ortho intramolecular Hbond substituents is 1. The van der Waals surface area contributed by atoms with E-state index in [4.69, 9.17) is 50.2 Å². The lowest BCUT2D eigenvalue weighted by Gasteiger charge is -2.48. The SMILES string of the molecule is C.C.C=C(C)[CH+]COc1ccc(Br)cc1C=O.CC(=O)c1ccccc1.CC(C)=CCBr.CC1(C)OC2=C(C(=O)C(=O)c3ccccc32)[C@@H]2c3cc(Br)ccc3OC[C@@H]21.CC1(C)Oc2c(c3nc4ccccc4nc3c3ccccc23)[C@@H]2c3cc(Br)ccc3OC[C@@H]21.Nc1ccc(C(=O)c2ccccc2)cc1N.O=C1C=C(O)c2ccccc2C1=O.O=Cc1cc(Br)ccc1O. The number of halogens is 5. The molecule has 670 valence electrons. The molecule has 1 aromatic heterocycles. The van der Waals surface area contributed by atoms with Gasteiger partial charge in [0.25, 0.3) is 0 Å². The number of aldehydes is 2. The smallest absolute Gasteiger partial charge is 0.234 e. The van der Waals surface area contributed by atoms with Gasteiger partial charge in [0, 0.05) is 126 Å². The fraction of sp³-hybridized carbons (Fsp3) is 0.187. The van der Waals surface area contributed by atoms with Crippen LogP contribution in [0.5, 0.6) is 28.7 Å². The molecule has 0 fully saturated rings. The third kappa shape index (κ3) is 23.6. The van der Waals surface area contributed by atoms with E-state index in [1.54, 1.807) is 91.9 Å². The summed E-state index contributed by atoms with van der Waals surface area (Å²) in [5.41, 5.74) is 25.5. The molecule has 19 nitrogen and oxygen atoms in total. The molecular weight excluding hydrogens is 1980 g/mol. The van der Waals surface area contributed by atoms with Crippen molar-refractivity contribution in [2.75, 3.05) is 36.6 Å². The Morgan fingerprint density at radius 2 is 1.02 bits per heavy atom. The van der Waals surface area contributed by atoms with Crippen LogP contribution in [0.25, 0.3) is 44.4 Å². The fourth-order valence-corrected chi connectivity index (χ4v) is 17.4. The van der Waals surface area contributed by atoms with Crippen molar-refractivity contribution in [3.05, 3.63) is 375 Å². The van der Waals surface area contributed by atoms with Gasteiger partial charge in [0.2, 0.25) is 23.1 Å². The van der Waals surface area contributed by atoms with Crippen molar-refractivity contribution in [3.8, 4) is 28.7 Å². The number of alkyl halides is 1. The van der Waals surface area contributed by atoms with Crippen molar-refractivity contribution < 1.29 is 72.3 Å². The number of phenols is 1. The first-order valence-corrected chi connectivity index (χ1v) is 45.2. The highest BCUT2D eigenvalue weighted by Gasteiger charge is 2.54. The van der Waals surface area contributed by atoms with Gasteiger partial charge in [-0.3, -0.25) is 38.4 Å². The maximum absolute atomic E-state index is 13.1. The van der Waals surface area contributed by atoms with Gasteiger partial charge in [0.1, 0.15) is 51.5 Å². The number of hydrogen-bond acceptors (Lipinski definition) is 19. The zero-order valence-electron chi connectivity index (χ0n) is 71.5. The summed E-state index contributed by atoms with van der Waals surface area (Å²) in [5, 5.41) is 21.5. The second-order valence-electron chi connectivity index (χ2n) is 31.9. The lowest BCUT2D eigenvalue weighted by molar-refractivity contribution is -0.114. The molecule has 6 N–H and O–H groups in total. The molecule has 4 atom stereocenters. The Balaban J connectivity index is 0.000000164. The fourth-order valence-electron chi connectivity index (χ4n) is 15.3. The van der Waals surface area contributed by atoms with E-state index in [9.17, 15) is 43.5 Å². The maximum Gasteiger partial charge on any atom is 0.234 e. The Morgan fingerprint density at radius 3 is 1.56 bits per heavy atom. The number of aromatic nitrogens is 2. The minimum Gasteiger partial charge on any atom is -0.507 e. The number of nitrogens with zero attached hydrogens (tertiary/aromatic N) is 2. The number of nitrogen functional groups attached to an aromatic ring is 2. The topological polar surface area (TPSA) is 301 Å². The molecule has 0 spiro atoms. The minimum atomic E-state index is -0.670. The average Bonchev–Trinajstić information content (AvgIpc) is 0.706. The van der Waals surface area contributed by atoms with Crippen LogP contribution in [-0.2, 0) is 14.3 Å². The number of aliphatic hydroxyl groups excluding tert-OH is 1. The van der Waals surface area contributed by atoms with Gasteiger partial charge in [0.05, 0.1) is 75.3 Å². The van der Waals surface area contributed by atoms with Gasteiger partial charge in [-0.1, -0.05) is 252 Å². The molecule has 0 radical (unpaired) electrons. The molecule has 4 aliphatic heterocycles. The normalized spacial score (nSPS) is 15.8. The van der Waals surface area contributed by atoms with Gasteiger partial charge in [-0.15, -0.1) is 0 Å². The van der Waals surface area contributed by atoms with Gasteiger partial charge >= 0.3 is 0 Å². The molecule has 13 aromatic rings. The Morgan fingerprint density at radius 1 is 0.527 bits per heavy atom. The number of carbonyl (C=O) groups excluding carboxylic acids is 8. The molecule has 12 aromatic carbocycles. The largest absolute Gasteiger partial charge is 0.507 e. The molecule has 24 heteroatoms. The number of fused-ring (bicyclic) bond motifs is 18. The van der Waals surface area contributed by atoms with Crippen LogP contribution in [0.2, 0.25) is 0 Å². The average molecular weight is 2080 g/mol. The summed E-state index contributed by atoms with van der Waals surface area (Å²) in [6.07, 6.45) is 6.32. The highest BCUT2D eigenvalue weighted by Crippen LogP contribution is 2.58. The van der Waals surface area contributed by atoms with Crippen molar-refractivity contribution in [2.24, 2.45) is 11.8 Å². The third-order valence-electron chi connectivity index (χ3n) is 21.9. The van der Waals surface area contributed by atoms with Crippen LogP contribution in [0.3, 0.4) is 0 Å². The summed E-state index contributed by atoms with van der Waals surface area (Å²) >= 11 is 16.9. The predicted octanol–water partition coefficient (Wildman–Crippen LogP) is 25.9. The predicted molar refractivity (Wildman–Crippen MR) is 538 cm³/mol. The number of allylic oxidation sites excluding steroid dienone is 4. The zero-order chi connectivity index (χ0) is 92.7. The number of benzene rings is 12. The third-order valence-corrected chi connectivity index (χ3v) is 24.2. The molecule has 0 amide bonds. The Labute approximate surface area is 804 Å². The molecule has 131 heavy (non-hydrogen) atoms. The van der Waals surface area contributed by atoms with E-state index in [-0.39, 0.29) is 67.2 Å². The van der Waals surface area contributed by atoms with Gasteiger partial charge in [-0.25, -0.2) is 9.97 Å². The molecule has 0 saturated heterocycles. The van der Waals surface area contributed by atoms with Crippen molar-refractivity contribution >= 4 is 183 Å². The summed E-state index contributed by atoms with van der Waals surface area (Å²) in [7, 11) is 0. The van der Waals surface area contributed by atoms with Crippen molar-refractivity contribution in [3.63, 3.8) is 0 Å². The highest BCUT2D eigenvalue weighted by atomic mass is 79.9. The van der Waals surface area contributed by atoms with Crippen LogP contribution in [-0.4, -0.2) is 104 Å². The second-order valence-corrected chi connectivity index (χ2v) is 36.2. The summed E-state index contributed by atoms with van der Waals surface area (Å²) in [4.78, 5) is 102. The van der Waals surface area contributed by atoms with Crippen LogP contribution in [0.15, 0.2) is 302 Å². The molecule has 0 unspecified atom stereocenters. The lowest BCUT2D eigenvalue weighted by atomic mass is 9.66. The molecule has 0 saturated carbocycles. The summed E-state index contributed by atoms with van der Waals surface area (Å²) in [5.74, 6) is 1.43. The summed E-state index contributed by atoms with van der Waals surface area (Å²) in [6, 6.07) is 75.5. The first-order chi connectivity index (χ1) is 61.7. The Bertz CT molecular complexity index is 6620. The van der Waals surface area contributed by atoms with E-state index in [1.165, 1.54) is 23.3 Å². The quantitative estimate of drug-likeness (QED) is 0.0114. The van der Waals surface area contributed by atoms with Crippen LogP contribution < -0.4 is 30.4 Å². The number of anilines is 2. The van der Waals surface area contributed by atoms with Crippen molar-refractivity contribution in [1.82, 2.24) is 9.97 Å². The van der Waals surface area contributed by atoms with Crippen molar-refractivity contribution in [1.29, 1.82) is 0 Å². The summed E-state index contributed by atoms with van der Waals surface area (Å²) in [6.45, 7) is 21.2. The molecule has 2 aliphatic carbocycles. The number of aromatic hydroxyl groups is 1. The van der Waals surface area contributed by atoms with E-state index in [0.29, 0.717) is 93.5 Å². The van der Waals surface area contributed by atoms with E-state index in [1.807, 2.05) is 142 Å². The molecule has 5 heterocycles. The first-order valence-electron chi connectivity index (χ1n) is 40.9. The molecule has 0 bridgehead atoms. The first kappa shape index (κ1) is 100. The summed E-state index contributed by atoms with van der Waals surface area (Å²) < 4.78 is 34.4. The second kappa shape index (κ2) is 44.7. The number of nitrogens with two attached hydrogens (primary N) is 2. The van der Waals surface area contributed by atoms with E-state index in [2.05, 4.69) is 156 Å².